The lowest BCUT2D eigenvalue weighted by Gasteiger charge is -2.08. The molecule has 106 valence electrons. The van der Waals surface area contributed by atoms with E-state index >= 15 is 0 Å². The van der Waals surface area contributed by atoms with Gasteiger partial charge in [-0.05, 0) is 18.2 Å². The fourth-order valence-electron chi connectivity index (χ4n) is 1.55. The molecule has 2 aromatic carbocycles. The standard InChI is InChI=1S/C13H10F3NO2S/c14-11-7-13(16)12(15)6-9(11)8-17-20(18,19)10-4-2-1-3-5-10/h1-7,17H,8H2. The van der Waals surface area contributed by atoms with Crippen molar-refractivity contribution >= 4 is 10.0 Å². The summed E-state index contributed by atoms with van der Waals surface area (Å²) in [6, 6.07) is 8.45. The largest absolute Gasteiger partial charge is 0.240 e. The van der Waals surface area contributed by atoms with Crippen molar-refractivity contribution in [2.45, 2.75) is 11.4 Å². The minimum absolute atomic E-state index is 0.00277. The number of rotatable bonds is 4. The lowest BCUT2D eigenvalue weighted by Crippen LogP contribution is -2.23. The lowest BCUT2D eigenvalue weighted by atomic mass is 10.2. The van der Waals surface area contributed by atoms with Gasteiger partial charge >= 0.3 is 0 Å². The molecule has 0 saturated carbocycles. The van der Waals surface area contributed by atoms with E-state index in [1.54, 1.807) is 6.07 Å². The van der Waals surface area contributed by atoms with E-state index in [1.165, 1.54) is 24.3 Å². The fourth-order valence-corrected chi connectivity index (χ4v) is 2.58. The molecule has 0 aliphatic rings. The van der Waals surface area contributed by atoms with Gasteiger partial charge in [0.2, 0.25) is 10.0 Å². The maximum Gasteiger partial charge on any atom is 0.240 e. The zero-order valence-corrected chi connectivity index (χ0v) is 10.9. The van der Waals surface area contributed by atoms with Crippen LogP contribution >= 0.6 is 0 Å². The molecule has 2 aromatic rings. The normalized spacial score (nSPS) is 11.6. The van der Waals surface area contributed by atoms with Gasteiger partial charge in [-0.3, -0.25) is 0 Å². The number of benzene rings is 2. The summed E-state index contributed by atoms with van der Waals surface area (Å²) in [6.45, 7) is -0.472. The molecule has 0 saturated heterocycles. The Kier molecular flexibility index (Phi) is 4.10. The quantitative estimate of drug-likeness (QED) is 0.882. The van der Waals surface area contributed by atoms with Gasteiger partial charge in [0, 0.05) is 18.2 Å². The summed E-state index contributed by atoms with van der Waals surface area (Å²) in [7, 11) is -3.83. The first kappa shape index (κ1) is 14.5. The van der Waals surface area contributed by atoms with E-state index in [-0.39, 0.29) is 10.5 Å². The molecule has 0 heterocycles. The molecular weight excluding hydrogens is 291 g/mol. The van der Waals surface area contributed by atoms with Gasteiger partial charge in [0.15, 0.2) is 11.6 Å². The molecule has 0 radical (unpaired) electrons. The first-order chi connectivity index (χ1) is 9.40. The van der Waals surface area contributed by atoms with Crippen LogP contribution in [0.2, 0.25) is 0 Å². The molecule has 0 amide bonds. The van der Waals surface area contributed by atoms with Crippen LogP contribution < -0.4 is 4.72 Å². The van der Waals surface area contributed by atoms with Crippen molar-refractivity contribution in [3.8, 4) is 0 Å². The molecule has 20 heavy (non-hydrogen) atoms. The Labute approximate surface area is 114 Å². The third-order valence-corrected chi connectivity index (χ3v) is 4.01. The van der Waals surface area contributed by atoms with E-state index in [0.29, 0.717) is 12.1 Å². The van der Waals surface area contributed by atoms with Gasteiger partial charge in [-0.15, -0.1) is 0 Å². The monoisotopic (exact) mass is 301 g/mol. The van der Waals surface area contributed by atoms with Gasteiger partial charge in [0.1, 0.15) is 5.82 Å². The SMILES string of the molecule is O=S(=O)(NCc1cc(F)c(F)cc1F)c1ccccc1. The maximum atomic E-state index is 13.4. The minimum atomic E-state index is -3.83. The Morgan fingerprint density at radius 1 is 0.900 bits per heavy atom. The Balaban J connectivity index is 2.19. The van der Waals surface area contributed by atoms with Gasteiger partial charge in [0.25, 0.3) is 0 Å². The maximum absolute atomic E-state index is 13.4. The Morgan fingerprint density at radius 2 is 1.50 bits per heavy atom. The summed E-state index contributed by atoms with van der Waals surface area (Å²) in [5, 5.41) is 0. The number of nitrogens with one attached hydrogen (secondary N) is 1. The predicted octanol–water partition coefficient (Wildman–Crippen LogP) is 2.58. The fraction of sp³-hybridized carbons (Fsp3) is 0.0769. The lowest BCUT2D eigenvalue weighted by molar-refractivity contribution is 0.489. The average molecular weight is 301 g/mol. The van der Waals surface area contributed by atoms with E-state index in [4.69, 9.17) is 0 Å². The molecule has 0 atom stereocenters. The van der Waals surface area contributed by atoms with Crippen LogP contribution in [0.3, 0.4) is 0 Å². The second-order valence-corrected chi connectivity index (χ2v) is 5.76. The Hall–Kier alpha value is -1.86. The van der Waals surface area contributed by atoms with E-state index in [1.807, 2.05) is 0 Å². The highest BCUT2D eigenvalue weighted by Crippen LogP contribution is 2.15. The topological polar surface area (TPSA) is 46.2 Å². The van der Waals surface area contributed by atoms with Crippen molar-refractivity contribution in [1.29, 1.82) is 0 Å². The molecule has 0 spiro atoms. The second kappa shape index (κ2) is 5.64. The van der Waals surface area contributed by atoms with E-state index < -0.39 is 34.0 Å². The zero-order valence-electron chi connectivity index (χ0n) is 10.1. The molecule has 0 aromatic heterocycles. The van der Waals surface area contributed by atoms with Crippen LogP contribution in [0.4, 0.5) is 13.2 Å². The van der Waals surface area contributed by atoms with E-state index in [9.17, 15) is 21.6 Å². The first-order valence-corrected chi connectivity index (χ1v) is 7.06. The van der Waals surface area contributed by atoms with Crippen LogP contribution in [0.1, 0.15) is 5.56 Å². The third-order valence-electron chi connectivity index (χ3n) is 2.60. The summed E-state index contributed by atoms with van der Waals surface area (Å²) in [4.78, 5) is 0.00277. The van der Waals surface area contributed by atoms with Gasteiger partial charge in [-0.25, -0.2) is 26.3 Å². The zero-order chi connectivity index (χ0) is 14.8. The van der Waals surface area contributed by atoms with Gasteiger partial charge < -0.3 is 0 Å². The predicted molar refractivity (Wildman–Crippen MR) is 66.8 cm³/mol. The third kappa shape index (κ3) is 3.17. The van der Waals surface area contributed by atoms with Crippen LogP contribution in [-0.4, -0.2) is 8.42 Å². The average Bonchev–Trinajstić information content (AvgIpc) is 2.42. The number of hydrogen-bond donors (Lipinski definition) is 1. The van der Waals surface area contributed by atoms with Crippen LogP contribution in [0.15, 0.2) is 47.4 Å². The van der Waals surface area contributed by atoms with Gasteiger partial charge in [-0.1, -0.05) is 18.2 Å². The molecule has 0 aliphatic heterocycles. The van der Waals surface area contributed by atoms with Crippen molar-refractivity contribution in [3.63, 3.8) is 0 Å². The van der Waals surface area contributed by atoms with Crippen molar-refractivity contribution in [2.24, 2.45) is 0 Å². The highest BCUT2D eigenvalue weighted by molar-refractivity contribution is 7.89. The highest BCUT2D eigenvalue weighted by Gasteiger charge is 2.15. The molecule has 2 rings (SSSR count). The van der Waals surface area contributed by atoms with E-state index in [0.717, 1.165) is 0 Å². The van der Waals surface area contributed by atoms with Crippen molar-refractivity contribution < 1.29 is 21.6 Å². The van der Waals surface area contributed by atoms with Crippen molar-refractivity contribution in [1.82, 2.24) is 4.72 Å². The Bertz CT molecular complexity index is 718. The summed E-state index contributed by atoms with van der Waals surface area (Å²) in [6.07, 6.45) is 0. The molecule has 0 fully saturated rings. The van der Waals surface area contributed by atoms with Crippen molar-refractivity contribution in [3.05, 3.63) is 65.5 Å². The highest BCUT2D eigenvalue weighted by atomic mass is 32.2. The van der Waals surface area contributed by atoms with Crippen LogP contribution in [-0.2, 0) is 16.6 Å². The molecule has 7 heteroatoms. The minimum Gasteiger partial charge on any atom is -0.207 e. The number of sulfonamides is 1. The molecule has 1 N–H and O–H groups in total. The first-order valence-electron chi connectivity index (χ1n) is 5.58. The summed E-state index contributed by atoms with van der Waals surface area (Å²) in [5.74, 6) is -3.57. The Morgan fingerprint density at radius 3 is 2.15 bits per heavy atom. The van der Waals surface area contributed by atoms with Crippen LogP contribution in [0.5, 0.6) is 0 Å². The molecular formula is C13H10F3NO2S. The number of halogens is 3. The molecule has 0 bridgehead atoms. The van der Waals surface area contributed by atoms with E-state index in [2.05, 4.69) is 4.72 Å². The molecule has 3 nitrogen and oxygen atoms in total. The van der Waals surface area contributed by atoms with Gasteiger partial charge in [0.05, 0.1) is 4.90 Å². The van der Waals surface area contributed by atoms with Crippen LogP contribution in [0.25, 0.3) is 0 Å². The summed E-state index contributed by atoms with van der Waals surface area (Å²) >= 11 is 0. The summed E-state index contributed by atoms with van der Waals surface area (Å²) < 4.78 is 65.0. The van der Waals surface area contributed by atoms with Crippen LogP contribution in [0, 0.1) is 17.5 Å². The van der Waals surface area contributed by atoms with Crippen molar-refractivity contribution in [2.75, 3.05) is 0 Å². The van der Waals surface area contributed by atoms with Gasteiger partial charge in [-0.2, -0.15) is 0 Å². The summed E-state index contributed by atoms with van der Waals surface area (Å²) in [5.41, 5.74) is -0.275. The molecule has 0 aliphatic carbocycles. The molecule has 0 unspecified atom stereocenters. The second-order valence-electron chi connectivity index (χ2n) is 4.00. The number of hydrogen-bond acceptors (Lipinski definition) is 2. The smallest absolute Gasteiger partial charge is 0.207 e.